The molecule has 0 spiro atoms. The summed E-state index contributed by atoms with van der Waals surface area (Å²) in [7, 11) is 0. The standard InChI is InChI=1S/C31H29FN8/c1-19(2)39-9-11-40(12-10-39)24-14-21(13-23(32)16-24)25-6-3-7-27-28(25)36-31(35-27)29-26-15-22(18-34-30(26)38-37-29)20-5-4-8-33-17-20/h3-8,13-19H,9-12H2,1-2H3,(H,35,36)(H,34,37,38). The molecule has 9 heteroatoms. The summed E-state index contributed by atoms with van der Waals surface area (Å²) in [6.07, 6.45) is 5.36. The number of nitrogens with one attached hydrogen (secondary N) is 2. The van der Waals surface area contributed by atoms with Gasteiger partial charge in [-0.05, 0) is 55.8 Å². The fourth-order valence-electron chi connectivity index (χ4n) is 5.56. The second-order valence-electron chi connectivity index (χ2n) is 10.5. The Balaban J connectivity index is 1.27. The van der Waals surface area contributed by atoms with E-state index in [1.165, 1.54) is 0 Å². The number of hydrogen-bond donors (Lipinski definition) is 2. The molecule has 0 bridgehead atoms. The maximum absolute atomic E-state index is 15.0. The minimum absolute atomic E-state index is 0.250. The molecule has 0 unspecified atom stereocenters. The Morgan fingerprint density at radius 2 is 1.77 bits per heavy atom. The van der Waals surface area contributed by atoms with Gasteiger partial charge in [-0.15, -0.1) is 0 Å². The Kier molecular flexibility index (Phi) is 6.00. The van der Waals surface area contributed by atoms with Gasteiger partial charge in [-0.2, -0.15) is 5.10 Å². The summed E-state index contributed by atoms with van der Waals surface area (Å²) in [4.78, 5) is 21.9. The molecule has 6 aromatic rings. The van der Waals surface area contributed by atoms with Crippen LogP contribution in [0.2, 0.25) is 0 Å². The topological polar surface area (TPSA) is 89.6 Å². The first-order valence-electron chi connectivity index (χ1n) is 13.6. The number of anilines is 1. The zero-order valence-corrected chi connectivity index (χ0v) is 22.4. The van der Waals surface area contributed by atoms with Gasteiger partial charge in [0.15, 0.2) is 11.5 Å². The number of rotatable bonds is 5. The Hall–Kier alpha value is -4.63. The summed E-state index contributed by atoms with van der Waals surface area (Å²) < 4.78 is 15.0. The van der Waals surface area contributed by atoms with E-state index >= 15 is 0 Å². The van der Waals surface area contributed by atoms with Gasteiger partial charge in [-0.3, -0.25) is 15.0 Å². The maximum Gasteiger partial charge on any atom is 0.181 e. The molecular weight excluding hydrogens is 503 g/mol. The number of H-pyrrole nitrogens is 2. The van der Waals surface area contributed by atoms with Crippen molar-refractivity contribution in [3.63, 3.8) is 0 Å². The largest absolute Gasteiger partial charge is 0.369 e. The quantitative estimate of drug-likeness (QED) is 0.287. The van der Waals surface area contributed by atoms with E-state index in [0.29, 0.717) is 17.5 Å². The number of imidazole rings is 1. The summed E-state index contributed by atoms with van der Waals surface area (Å²) in [5.74, 6) is 0.400. The molecule has 1 aliphatic rings. The molecule has 2 N–H and O–H groups in total. The van der Waals surface area contributed by atoms with E-state index in [-0.39, 0.29) is 5.82 Å². The smallest absolute Gasteiger partial charge is 0.181 e. The monoisotopic (exact) mass is 532 g/mol. The Labute approximate surface area is 230 Å². The predicted octanol–water partition coefficient (Wildman–Crippen LogP) is 5.90. The van der Waals surface area contributed by atoms with E-state index in [0.717, 1.165) is 76.2 Å². The summed E-state index contributed by atoms with van der Waals surface area (Å²) in [5.41, 5.74) is 7.50. The Morgan fingerprint density at radius 1 is 0.900 bits per heavy atom. The lowest BCUT2D eigenvalue weighted by atomic mass is 10.0. The first kappa shape index (κ1) is 24.4. The van der Waals surface area contributed by atoms with Crippen LogP contribution in [0.1, 0.15) is 13.8 Å². The van der Waals surface area contributed by atoms with E-state index < -0.39 is 0 Å². The van der Waals surface area contributed by atoms with Gasteiger partial charge in [0.25, 0.3) is 0 Å². The van der Waals surface area contributed by atoms with Gasteiger partial charge >= 0.3 is 0 Å². The minimum atomic E-state index is -0.250. The lowest BCUT2D eigenvalue weighted by Gasteiger charge is -2.38. The van der Waals surface area contributed by atoms with Gasteiger partial charge in [-0.25, -0.2) is 14.4 Å². The highest BCUT2D eigenvalue weighted by Gasteiger charge is 2.21. The van der Waals surface area contributed by atoms with Crippen LogP contribution in [0.25, 0.3) is 55.8 Å². The molecule has 0 amide bonds. The molecule has 2 aromatic carbocycles. The summed E-state index contributed by atoms with van der Waals surface area (Å²) >= 11 is 0. The fraction of sp³-hybridized carbons (Fsp3) is 0.226. The van der Waals surface area contributed by atoms with Crippen molar-refractivity contribution < 1.29 is 4.39 Å². The predicted molar refractivity (Wildman–Crippen MR) is 157 cm³/mol. The average Bonchev–Trinajstić information content (AvgIpc) is 3.61. The van der Waals surface area contributed by atoms with Crippen molar-refractivity contribution in [2.45, 2.75) is 19.9 Å². The number of hydrogen-bond acceptors (Lipinski definition) is 6. The van der Waals surface area contributed by atoms with Crippen molar-refractivity contribution in [3.8, 4) is 33.8 Å². The van der Waals surface area contributed by atoms with Crippen molar-refractivity contribution in [1.82, 2.24) is 35.0 Å². The van der Waals surface area contributed by atoms with Crippen LogP contribution in [0.4, 0.5) is 10.1 Å². The second-order valence-corrected chi connectivity index (χ2v) is 10.5. The van der Waals surface area contributed by atoms with Gasteiger partial charge in [0.2, 0.25) is 0 Å². The van der Waals surface area contributed by atoms with Gasteiger partial charge in [0, 0.05) is 73.2 Å². The number of aromatic nitrogens is 6. The van der Waals surface area contributed by atoms with Gasteiger partial charge in [0.05, 0.1) is 16.4 Å². The van der Waals surface area contributed by atoms with Gasteiger partial charge in [-0.1, -0.05) is 18.2 Å². The fourth-order valence-corrected chi connectivity index (χ4v) is 5.56. The van der Waals surface area contributed by atoms with Crippen molar-refractivity contribution in [3.05, 3.63) is 79.0 Å². The van der Waals surface area contributed by atoms with Crippen LogP contribution < -0.4 is 4.90 Å². The van der Waals surface area contributed by atoms with Crippen LogP contribution in [-0.4, -0.2) is 67.3 Å². The zero-order chi connectivity index (χ0) is 27.2. The van der Waals surface area contributed by atoms with Crippen LogP contribution >= 0.6 is 0 Å². The molecule has 8 nitrogen and oxygen atoms in total. The molecule has 200 valence electrons. The number of piperazine rings is 1. The molecule has 40 heavy (non-hydrogen) atoms. The molecule has 7 rings (SSSR count). The van der Waals surface area contributed by atoms with Gasteiger partial charge in [0.1, 0.15) is 11.5 Å². The van der Waals surface area contributed by atoms with Crippen LogP contribution in [0, 0.1) is 5.82 Å². The minimum Gasteiger partial charge on any atom is -0.369 e. The first-order valence-corrected chi connectivity index (χ1v) is 13.6. The van der Waals surface area contributed by atoms with E-state index in [4.69, 9.17) is 4.98 Å². The first-order chi connectivity index (χ1) is 19.5. The van der Waals surface area contributed by atoms with Gasteiger partial charge < -0.3 is 9.88 Å². The number of benzene rings is 2. The average molecular weight is 533 g/mol. The van der Waals surface area contributed by atoms with Crippen molar-refractivity contribution in [2.24, 2.45) is 0 Å². The van der Waals surface area contributed by atoms with Crippen LogP contribution in [0.5, 0.6) is 0 Å². The number of para-hydroxylation sites is 1. The van der Waals surface area contributed by atoms with Crippen molar-refractivity contribution in [1.29, 1.82) is 0 Å². The summed E-state index contributed by atoms with van der Waals surface area (Å²) in [5, 5.41) is 8.37. The van der Waals surface area contributed by atoms with Crippen LogP contribution in [-0.2, 0) is 0 Å². The third kappa shape index (κ3) is 4.38. The molecule has 4 aromatic heterocycles. The third-order valence-electron chi connectivity index (χ3n) is 7.76. The summed E-state index contributed by atoms with van der Waals surface area (Å²) in [6, 6.07) is 17.7. The molecule has 0 saturated carbocycles. The maximum atomic E-state index is 15.0. The summed E-state index contributed by atoms with van der Waals surface area (Å²) in [6.45, 7) is 8.13. The normalized spacial score (nSPS) is 14.6. The number of fused-ring (bicyclic) bond motifs is 2. The second kappa shape index (κ2) is 9.84. The van der Waals surface area contributed by atoms with E-state index in [9.17, 15) is 4.39 Å². The van der Waals surface area contributed by atoms with Crippen molar-refractivity contribution in [2.75, 3.05) is 31.1 Å². The zero-order valence-electron chi connectivity index (χ0n) is 22.4. The van der Waals surface area contributed by atoms with Crippen LogP contribution in [0.15, 0.2) is 73.2 Å². The molecule has 1 aliphatic heterocycles. The molecule has 5 heterocycles. The van der Waals surface area contributed by atoms with E-state index in [1.807, 2.05) is 42.6 Å². The highest BCUT2D eigenvalue weighted by Crippen LogP contribution is 2.34. The number of nitrogens with zero attached hydrogens (tertiary/aromatic N) is 6. The SMILES string of the molecule is CC(C)N1CCN(c2cc(F)cc(-c3cccc4[nH]c(-c5[nH]nc6ncc(-c7cccnc7)cc56)nc34)c2)CC1. The number of aromatic amines is 2. The molecular formula is C31H29FN8. The lowest BCUT2D eigenvalue weighted by Crippen LogP contribution is -2.48. The lowest BCUT2D eigenvalue weighted by molar-refractivity contribution is 0.209. The molecule has 0 radical (unpaired) electrons. The van der Waals surface area contributed by atoms with Crippen molar-refractivity contribution >= 4 is 27.8 Å². The van der Waals surface area contributed by atoms with E-state index in [2.05, 4.69) is 54.9 Å². The van der Waals surface area contributed by atoms with E-state index in [1.54, 1.807) is 24.5 Å². The Morgan fingerprint density at radius 3 is 2.58 bits per heavy atom. The third-order valence-corrected chi connectivity index (χ3v) is 7.76. The molecule has 1 fully saturated rings. The molecule has 1 saturated heterocycles. The number of halogens is 1. The number of pyridine rings is 2. The molecule has 0 aliphatic carbocycles. The Bertz CT molecular complexity index is 1820. The highest BCUT2D eigenvalue weighted by molar-refractivity contribution is 5.97. The van der Waals surface area contributed by atoms with Crippen LogP contribution in [0.3, 0.4) is 0 Å². The molecule has 0 atom stereocenters. The highest BCUT2D eigenvalue weighted by atomic mass is 19.1.